The lowest BCUT2D eigenvalue weighted by molar-refractivity contribution is -0.135. The molecule has 2 unspecified atom stereocenters. The first-order chi connectivity index (χ1) is 16.3. The third kappa shape index (κ3) is 4.97. The zero-order chi connectivity index (χ0) is 23.9. The van der Waals surface area contributed by atoms with Crippen molar-refractivity contribution in [3.8, 4) is 5.75 Å². The highest BCUT2D eigenvalue weighted by Gasteiger charge is 2.43. The molecule has 2 aromatic rings. The maximum atomic E-state index is 13.0. The summed E-state index contributed by atoms with van der Waals surface area (Å²) >= 11 is 5.94. The second-order valence-corrected chi connectivity index (χ2v) is 10.5. The van der Waals surface area contributed by atoms with Gasteiger partial charge in [-0.15, -0.1) is 0 Å². The van der Waals surface area contributed by atoms with Gasteiger partial charge in [-0.1, -0.05) is 11.6 Å². The topological polar surface area (TPSA) is 96.5 Å². The van der Waals surface area contributed by atoms with Gasteiger partial charge in [0.15, 0.2) is 5.60 Å². The summed E-state index contributed by atoms with van der Waals surface area (Å²) in [4.78, 5) is 36.5. The molecule has 3 fully saturated rings. The predicted molar refractivity (Wildman–Crippen MR) is 129 cm³/mol. The van der Waals surface area contributed by atoms with Crippen molar-refractivity contribution in [2.75, 3.05) is 4.90 Å². The van der Waals surface area contributed by atoms with Crippen molar-refractivity contribution in [2.24, 2.45) is 0 Å². The molecule has 2 saturated heterocycles. The van der Waals surface area contributed by atoms with E-state index in [-0.39, 0.29) is 29.9 Å². The Hall–Kier alpha value is -2.87. The van der Waals surface area contributed by atoms with Crippen LogP contribution in [0.2, 0.25) is 5.02 Å². The van der Waals surface area contributed by atoms with Crippen LogP contribution in [0.25, 0.3) is 0 Å². The molecule has 3 heterocycles. The Bertz CT molecular complexity index is 1040. The number of piperidine rings is 1. The third-order valence-corrected chi connectivity index (χ3v) is 7.10. The molecule has 2 aliphatic heterocycles. The Balaban J connectivity index is 1.19. The highest BCUT2D eigenvalue weighted by molar-refractivity contribution is 6.30. The third-order valence-electron chi connectivity index (χ3n) is 6.85. The quantitative estimate of drug-likeness (QED) is 0.625. The average Bonchev–Trinajstić information content (AvgIpc) is 3.58. The van der Waals surface area contributed by atoms with Crippen LogP contribution in [0.15, 0.2) is 36.7 Å². The standard InChI is InChI=1S/C25H30ClN5O3/c1-25(2,34-21-9-3-16(26)4-10-21)23(33)30-18-11-19-7-8-20(12-18)31(19)24-27-13-15(14-28-24)22(32)29-17-5-6-17/h3-4,9-10,13-14,17-20H,5-8,11-12H2,1-2H3,(H,29,32)(H,30,33). The number of anilines is 1. The number of hydrogen-bond donors (Lipinski definition) is 2. The monoisotopic (exact) mass is 483 g/mol. The fourth-order valence-electron chi connectivity index (χ4n) is 4.89. The highest BCUT2D eigenvalue weighted by atomic mass is 35.5. The number of halogens is 1. The molecule has 34 heavy (non-hydrogen) atoms. The van der Waals surface area contributed by atoms with Crippen LogP contribution in [0, 0.1) is 0 Å². The average molecular weight is 484 g/mol. The van der Waals surface area contributed by atoms with Crippen LogP contribution in [-0.4, -0.2) is 51.6 Å². The smallest absolute Gasteiger partial charge is 0.263 e. The molecule has 3 aliphatic rings. The van der Waals surface area contributed by atoms with E-state index in [2.05, 4.69) is 25.5 Å². The summed E-state index contributed by atoms with van der Waals surface area (Å²) in [6, 6.07) is 7.90. The lowest BCUT2D eigenvalue weighted by Gasteiger charge is -2.40. The molecule has 1 aliphatic carbocycles. The summed E-state index contributed by atoms with van der Waals surface area (Å²) in [5, 5.41) is 6.79. The Morgan fingerprint density at radius 2 is 1.59 bits per heavy atom. The molecule has 2 N–H and O–H groups in total. The van der Waals surface area contributed by atoms with E-state index in [0.717, 1.165) is 38.5 Å². The number of nitrogens with zero attached hydrogens (tertiary/aromatic N) is 3. The number of ether oxygens (including phenoxy) is 1. The summed E-state index contributed by atoms with van der Waals surface area (Å²) in [6.07, 6.45) is 9.05. The van der Waals surface area contributed by atoms with Crippen molar-refractivity contribution >= 4 is 29.4 Å². The molecule has 2 atom stereocenters. The molecule has 180 valence electrons. The minimum atomic E-state index is -1.01. The van der Waals surface area contributed by atoms with Crippen molar-refractivity contribution in [1.29, 1.82) is 0 Å². The van der Waals surface area contributed by atoms with Gasteiger partial charge in [0.05, 0.1) is 5.56 Å². The zero-order valence-electron chi connectivity index (χ0n) is 19.5. The maximum absolute atomic E-state index is 13.0. The number of amides is 2. The summed E-state index contributed by atoms with van der Waals surface area (Å²) in [5.41, 5.74) is -0.516. The first-order valence-electron chi connectivity index (χ1n) is 12.0. The number of fused-ring (bicyclic) bond motifs is 2. The van der Waals surface area contributed by atoms with Gasteiger partial charge in [-0.2, -0.15) is 0 Å². The van der Waals surface area contributed by atoms with E-state index in [4.69, 9.17) is 16.3 Å². The van der Waals surface area contributed by atoms with E-state index in [1.54, 1.807) is 50.5 Å². The second kappa shape index (κ2) is 9.06. The maximum Gasteiger partial charge on any atom is 0.263 e. The summed E-state index contributed by atoms with van der Waals surface area (Å²) in [5.74, 6) is 1.02. The lowest BCUT2D eigenvalue weighted by atomic mass is 9.96. The van der Waals surface area contributed by atoms with Gasteiger partial charge < -0.3 is 20.3 Å². The van der Waals surface area contributed by atoms with Crippen LogP contribution in [0.5, 0.6) is 5.75 Å². The SMILES string of the molecule is CC(C)(Oc1ccc(Cl)cc1)C(=O)NC1CC2CCC(C1)N2c1ncc(C(=O)NC2CC2)cn1. The zero-order valence-corrected chi connectivity index (χ0v) is 20.2. The van der Waals surface area contributed by atoms with Gasteiger partial charge in [0.2, 0.25) is 5.95 Å². The molecule has 1 aromatic heterocycles. The fourth-order valence-corrected chi connectivity index (χ4v) is 5.02. The Labute approximate surface area is 204 Å². The van der Waals surface area contributed by atoms with Crippen molar-refractivity contribution in [3.05, 3.63) is 47.2 Å². The van der Waals surface area contributed by atoms with Gasteiger partial charge in [0.25, 0.3) is 11.8 Å². The van der Waals surface area contributed by atoms with E-state index in [0.29, 0.717) is 28.3 Å². The molecule has 0 spiro atoms. The highest BCUT2D eigenvalue weighted by Crippen LogP contribution is 2.38. The van der Waals surface area contributed by atoms with Crippen LogP contribution in [0.4, 0.5) is 5.95 Å². The number of benzene rings is 1. The van der Waals surface area contributed by atoms with Crippen LogP contribution in [-0.2, 0) is 4.79 Å². The molecule has 0 radical (unpaired) electrons. The minimum absolute atomic E-state index is 0.0675. The Kier molecular flexibility index (Phi) is 6.10. The Morgan fingerprint density at radius 1 is 0.971 bits per heavy atom. The number of nitrogens with one attached hydrogen (secondary N) is 2. The van der Waals surface area contributed by atoms with Crippen LogP contribution in [0.3, 0.4) is 0 Å². The largest absolute Gasteiger partial charge is 0.478 e. The van der Waals surface area contributed by atoms with Gasteiger partial charge in [-0.05, 0) is 76.6 Å². The van der Waals surface area contributed by atoms with Crippen molar-refractivity contribution in [1.82, 2.24) is 20.6 Å². The normalized spacial score (nSPS) is 24.0. The minimum Gasteiger partial charge on any atom is -0.478 e. The fraction of sp³-hybridized carbons (Fsp3) is 0.520. The van der Waals surface area contributed by atoms with E-state index in [1.165, 1.54) is 0 Å². The van der Waals surface area contributed by atoms with Crippen molar-refractivity contribution in [2.45, 2.75) is 82.1 Å². The number of carbonyl (C=O) groups excluding carboxylic acids is 2. The van der Waals surface area contributed by atoms with E-state index >= 15 is 0 Å². The molecule has 8 nitrogen and oxygen atoms in total. The van der Waals surface area contributed by atoms with Gasteiger partial charge in [-0.25, -0.2) is 9.97 Å². The summed E-state index contributed by atoms with van der Waals surface area (Å²) in [7, 11) is 0. The molecule has 9 heteroatoms. The molecular weight excluding hydrogens is 454 g/mol. The first-order valence-corrected chi connectivity index (χ1v) is 12.3. The molecule has 1 aromatic carbocycles. The summed E-state index contributed by atoms with van der Waals surface area (Å²) in [6.45, 7) is 3.55. The van der Waals surface area contributed by atoms with Crippen molar-refractivity contribution in [3.63, 3.8) is 0 Å². The van der Waals surface area contributed by atoms with Gasteiger partial charge in [-0.3, -0.25) is 9.59 Å². The lowest BCUT2D eigenvalue weighted by Crippen LogP contribution is -2.55. The molecule has 2 amide bonds. The molecular formula is C25H30ClN5O3. The predicted octanol–water partition coefficient (Wildman–Crippen LogP) is 3.50. The van der Waals surface area contributed by atoms with Crippen molar-refractivity contribution < 1.29 is 14.3 Å². The summed E-state index contributed by atoms with van der Waals surface area (Å²) < 4.78 is 5.94. The first kappa shape index (κ1) is 22.9. The molecule has 1 saturated carbocycles. The number of hydrogen-bond acceptors (Lipinski definition) is 6. The van der Waals surface area contributed by atoms with Crippen LogP contribution in [0.1, 0.15) is 62.7 Å². The van der Waals surface area contributed by atoms with E-state index in [9.17, 15) is 9.59 Å². The molecule has 5 rings (SSSR count). The van der Waals surface area contributed by atoms with Gasteiger partial charge >= 0.3 is 0 Å². The van der Waals surface area contributed by atoms with E-state index in [1.807, 2.05) is 0 Å². The molecule has 2 bridgehead atoms. The second-order valence-electron chi connectivity index (χ2n) is 10.0. The number of rotatable bonds is 7. The van der Waals surface area contributed by atoms with Gasteiger partial charge in [0.1, 0.15) is 5.75 Å². The van der Waals surface area contributed by atoms with Crippen LogP contribution >= 0.6 is 11.6 Å². The van der Waals surface area contributed by atoms with E-state index < -0.39 is 5.60 Å². The number of aromatic nitrogens is 2. The van der Waals surface area contributed by atoms with Gasteiger partial charge in [0, 0.05) is 41.6 Å². The number of carbonyl (C=O) groups is 2. The van der Waals surface area contributed by atoms with Crippen LogP contribution < -0.4 is 20.3 Å². The Morgan fingerprint density at radius 3 is 2.18 bits per heavy atom.